The summed E-state index contributed by atoms with van der Waals surface area (Å²) in [6, 6.07) is 8.82. The number of aliphatic hydroxyl groups excluding tert-OH is 1. The fourth-order valence-corrected chi connectivity index (χ4v) is 2.99. The molecule has 0 spiro atoms. The van der Waals surface area contributed by atoms with Crippen molar-refractivity contribution in [2.75, 3.05) is 0 Å². The average Bonchev–Trinajstić information content (AvgIpc) is 2.95. The van der Waals surface area contributed by atoms with E-state index in [4.69, 9.17) is 16.3 Å². The number of ether oxygens (including phenoxy) is 1. The number of benzene rings is 2. The fraction of sp³-hybridized carbons (Fsp3) is 0.350. The topological polar surface area (TPSA) is 77.2 Å². The van der Waals surface area contributed by atoms with E-state index in [1.807, 2.05) is 26.8 Å². The molecular weight excluding hydrogens is 366 g/mol. The second-order valence-electron chi connectivity index (χ2n) is 7.56. The number of nitrogens with zero attached hydrogens (tertiary/aromatic N) is 3. The third-order valence-corrected chi connectivity index (χ3v) is 4.42. The van der Waals surface area contributed by atoms with Gasteiger partial charge in [-0.3, -0.25) is 4.79 Å². The normalized spacial score (nSPS) is 13.0. The lowest BCUT2D eigenvalue weighted by molar-refractivity contribution is -0.131. The van der Waals surface area contributed by atoms with Gasteiger partial charge in [0.1, 0.15) is 16.7 Å². The molecule has 0 saturated carbocycles. The number of rotatable bonds is 3. The predicted molar refractivity (Wildman–Crippen MR) is 105 cm³/mol. The van der Waals surface area contributed by atoms with Gasteiger partial charge in [0.25, 0.3) is 0 Å². The lowest BCUT2D eigenvalue weighted by Gasteiger charge is -2.25. The molecule has 0 aliphatic rings. The molecule has 1 heterocycles. The Morgan fingerprint density at radius 3 is 2.44 bits per heavy atom. The van der Waals surface area contributed by atoms with Crippen LogP contribution in [0.5, 0.6) is 5.75 Å². The van der Waals surface area contributed by atoms with Gasteiger partial charge in [-0.2, -0.15) is 0 Å². The summed E-state index contributed by atoms with van der Waals surface area (Å²) in [7, 11) is 0. The van der Waals surface area contributed by atoms with Gasteiger partial charge in [0.2, 0.25) is 0 Å². The molecule has 1 N–H and O–H groups in total. The highest BCUT2D eigenvalue weighted by atomic mass is 35.5. The maximum absolute atomic E-state index is 11.8. The summed E-state index contributed by atoms with van der Waals surface area (Å²) in [5, 5.41) is 19.7. The fourth-order valence-electron chi connectivity index (χ4n) is 2.83. The van der Waals surface area contributed by atoms with Crippen molar-refractivity contribution >= 4 is 28.6 Å². The number of hydrogen-bond acceptors (Lipinski definition) is 5. The van der Waals surface area contributed by atoms with Crippen LogP contribution in [0, 0.1) is 0 Å². The Balaban J connectivity index is 2.33. The standard InChI is InChI=1S/C20H22ClN3O3/c1-11(25)13-8-15(20(3,4)5)19(27-12(2)26)18(9-13)24-22-16-7-6-14(21)10-17(16)23-24/h6-11,25H,1-5H3. The third-order valence-electron chi connectivity index (χ3n) is 4.19. The summed E-state index contributed by atoms with van der Waals surface area (Å²) in [5.41, 5.74) is 2.90. The molecule has 3 rings (SSSR count). The zero-order chi connectivity index (χ0) is 19.9. The second-order valence-corrected chi connectivity index (χ2v) is 8.00. The Hall–Kier alpha value is -2.44. The highest BCUT2D eigenvalue weighted by Gasteiger charge is 2.26. The van der Waals surface area contributed by atoms with Crippen molar-refractivity contribution in [3.63, 3.8) is 0 Å². The Labute approximate surface area is 162 Å². The van der Waals surface area contributed by atoms with Crippen LogP contribution >= 0.6 is 11.6 Å². The van der Waals surface area contributed by atoms with Gasteiger partial charge in [0, 0.05) is 17.5 Å². The van der Waals surface area contributed by atoms with Crippen LogP contribution in [0.2, 0.25) is 5.02 Å². The van der Waals surface area contributed by atoms with Crippen molar-refractivity contribution in [1.29, 1.82) is 0 Å². The molecule has 7 heteroatoms. The van der Waals surface area contributed by atoms with Crippen molar-refractivity contribution in [2.45, 2.75) is 46.1 Å². The maximum atomic E-state index is 11.8. The minimum atomic E-state index is -0.698. The van der Waals surface area contributed by atoms with Crippen molar-refractivity contribution in [3.05, 3.63) is 46.5 Å². The molecule has 0 amide bonds. The zero-order valence-corrected chi connectivity index (χ0v) is 16.7. The first-order chi connectivity index (χ1) is 12.6. The quantitative estimate of drug-likeness (QED) is 0.534. The van der Waals surface area contributed by atoms with E-state index in [-0.39, 0.29) is 5.41 Å². The van der Waals surface area contributed by atoms with Gasteiger partial charge < -0.3 is 9.84 Å². The molecule has 27 heavy (non-hydrogen) atoms. The molecule has 1 atom stereocenters. The van der Waals surface area contributed by atoms with E-state index < -0.39 is 12.1 Å². The number of hydrogen-bond donors (Lipinski definition) is 1. The third kappa shape index (κ3) is 3.96. The van der Waals surface area contributed by atoms with Gasteiger partial charge in [-0.05, 0) is 48.2 Å². The highest BCUT2D eigenvalue weighted by Crippen LogP contribution is 2.38. The summed E-state index contributed by atoms with van der Waals surface area (Å²) in [6.07, 6.45) is -0.698. The molecule has 6 nitrogen and oxygen atoms in total. The van der Waals surface area contributed by atoms with Crippen LogP contribution < -0.4 is 4.74 Å². The van der Waals surface area contributed by atoms with Crippen LogP contribution in [0.15, 0.2) is 30.3 Å². The van der Waals surface area contributed by atoms with Crippen LogP contribution in [0.4, 0.5) is 0 Å². The van der Waals surface area contributed by atoms with Crippen molar-refractivity contribution in [2.24, 2.45) is 0 Å². The number of esters is 1. The number of carbonyl (C=O) groups excluding carboxylic acids is 1. The average molecular weight is 388 g/mol. The van der Waals surface area contributed by atoms with Crippen molar-refractivity contribution < 1.29 is 14.6 Å². The highest BCUT2D eigenvalue weighted by molar-refractivity contribution is 6.31. The minimum absolute atomic E-state index is 0.333. The van der Waals surface area contributed by atoms with Gasteiger partial charge in [0.05, 0.1) is 6.10 Å². The maximum Gasteiger partial charge on any atom is 0.308 e. The first-order valence-electron chi connectivity index (χ1n) is 8.64. The summed E-state index contributed by atoms with van der Waals surface area (Å²) >= 11 is 6.05. The molecule has 0 fully saturated rings. The first-order valence-corrected chi connectivity index (χ1v) is 9.02. The Morgan fingerprint density at radius 1 is 1.19 bits per heavy atom. The Morgan fingerprint density at radius 2 is 1.85 bits per heavy atom. The Bertz CT molecular complexity index is 1020. The van der Waals surface area contributed by atoms with Crippen molar-refractivity contribution in [1.82, 2.24) is 15.0 Å². The van der Waals surface area contributed by atoms with Gasteiger partial charge in [0.15, 0.2) is 5.75 Å². The van der Waals surface area contributed by atoms with Crippen molar-refractivity contribution in [3.8, 4) is 11.4 Å². The van der Waals surface area contributed by atoms with Gasteiger partial charge in [-0.15, -0.1) is 15.0 Å². The summed E-state index contributed by atoms with van der Waals surface area (Å²) in [6.45, 7) is 9.07. The van der Waals surface area contributed by atoms with E-state index in [0.29, 0.717) is 33.1 Å². The number of aromatic nitrogens is 3. The SMILES string of the molecule is CC(=O)Oc1c(-n2nc3ccc(Cl)cc3n2)cc(C(C)O)cc1C(C)(C)C. The van der Waals surface area contributed by atoms with Crippen LogP contribution in [0.3, 0.4) is 0 Å². The predicted octanol–water partition coefficient (Wildman–Crippen LogP) is 4.35. The molecule has 0 radical (unpaired) electrons. The monoisotopic (exact) mass is 387 g/mol. The second kappa shape index (κ2) is 6.94. The molecule has 0 saturated heterocycles. The number of fused-ring (bicyclic) bond motifs is 1. The molecule has 2 aromatic carbocycles. The smallest absolute Gasteiger partial charge is 0.308 e. The lowest BCUT2D eigenvalue weighted by atomic mass is 9.84. The van der Waals surface area contributed by atoms with Crippen LogP contribution in [-0.2, 0) is 10.2 Å². The summed E-state index contributed by atoms with van der Waals surface area (Å²) < 4.78 is 5.56. The molecule has 0 aliphatic heterocycles. The van der Waals surface area contributed by atoms with E-state index >= 15 is 0 Å². The number of carbonyl (C=O) groups is 1. The molecule has 3 aromatic rings. The lowest BCUT2D eigenvalue weighted by Crippen LogP contribution is -2.18. The molecule has 1 aromatic heterocycles. The van der Waals surface area contributed by atoms with E-state index in [1.165, 1.54) is 11.7 Å². The van der Waals surface area contributed by atoms with Crippen LogP contribution in [0.1, 0.15) is 51.8 Å². The molecule has 0 bridgehead atoms. The zero-order valence-electron chi connectivity index (χ0n) is 15.9. The summed E-state index contributed by atoms with van der Waals surface area (Å²) in [4.78, 5) is 13.2. The van der Waals surface area contributed by atoms with E-state index in [9.17, 15) is 9.90 Å². The minimum Gasteiger partial charge on any atom is -0.424 e. The number of halogens is 1. The van der Waals surface area contributed by atoms with Crippen LogP contribution in [0.25, 0.3) is 16.7 Å². The molecule has 1 unspecified atom stereocenters. The van der Waals surface area contributed by atoms with Crippen LogP contribution in [-0.4, -0.2) is 26.1 Å². The Kier molecular flexibility index (Phi) is 4.97. The molecule has 0 aliphatic carbocycles. The molecular formula is C20H22ClN3O3. The van der Waals surface area contributed by atoms with E-state index in [0.717, 1.165) is 5.56 Å². The molecule has 142 valence electrons. The van der Waals surface area contributed by atoms with Gasteiger partial charge >= 0.3 is 5.97 Å². The van der Waals surface area contributed by atoms with Gasteiger partial charge in [-0.1, -0.05) is 32.4 Å². The first kappa shape index (κ1) is 19.3. The largest absolute Gasteiger partial charge is 0.424 e. The number of aliphatic hydroxyl groups is 1. The van der Waals surface area contributed by atoms with E-state index in [2.05, 4.69) is 10.2 Å². The summed E-state index contributed by atoms with van der Waals surface area (Å²) in [5.74, 6) is -0.0582. The van der Waals surface area contributed by atoms with E-state index in [1.54, 1.807) is 31.2 Å². The van der Waals surface area contributed by atoms with Gasteiger partial charge in [-0.25, -0.2) is 0 Å².